The van der Waals surface area contributed by atoms with Crippen molar-refractivity contribution in [1.82, 2.24) is 0 Å². The first-order chi connectivity index (χ1) is 11.6. The summed E-state index contributed by atoms with van der Waals surface area (Å²) in [4.78, 5) is 0. The molecule has 0 aromatic heterocycles. The van der Waals surface area contributed by atoms with E-state index in [9.17, 15) is 0 Å². The Balaban J connectivity index is 2.35. The third-order valence-corrected chi connectivity index (χ3v) is 5.44. The van der Waals surface area contributed by atoms with Gasteiger partial charge < -0.3 is 4.43 Å². The highest BCUT2D eigenvalue weighted by Gasteiger charge is 2.18. The van der Waals surface area contributed by atoms with Gasteiger partial charge in [-0.15, -0.1) is 0 Å². The topological polar surface area (TPSA) is 9.23 Å². The lowest BCUT2D eigenvalue weighted by Gasteiger charge is -2.21. The molecule has 0 saturated heterocycles. The summed E-state index contributed by atoms with van der Waals surface area (Å²) in [5.41, 5.74) is 9.01. The smallest absolute Gasteiger partial charge is 0.146 e. The van der Waals surface area contributed by atoms with Crippen LogP contribution in [-0.4, -0.2) is 10.5 Å². The molecule has 3 rings (SSSR count). The fraction of sp³-hybridized carbons (Fsp3) is 0.182. The van der Waals surface area contributed by atoms with Crippen molar-refractivity contribution in [2.75, 3.05) is 0 Å². The molecule has 3 aromatic rings. The second-order valence-corrected chi connectivity index (χ2v) is 6.75. The van der Waals surface area contributed by atoms with E-state index in [0.717, 1.165) is 10.5 Å². The van der Waals surface area contributed by atoms with E-state index < -0.39 is 0 Å². The van der Waals surface area contributed by atoms with Gasteiger partial charge >= 0.3 is 0 Å². The van der Waals surface area contributed by atoms with Crippen LogP contribution in [0.25, 0.3) is 22.3 Å². The minimum absolute atomic E-state index is 0.107. The number of aryl methyl sites for hydroxylation is 2. The van der Waals surface area contributed by atoms with E-state index in [1.807, 2.05) is 0 Å². The predicted molar refractivity (Wildman–Crippen MR) is 106 cm³/mol. The van der Waals surface area contributed by atoms with Gasteiger partial charge in [-0.3, -0.25) is 0 Å². The molecule has 0 fully saturated rings. The lowest BCUT2D eigenvalue weighted by atomic mass is 9.86. The molecule has 0 N–H and O–H groups in total. The normalized spacial score (nSPS) is 12.3. The van der Waals surface area contributed by atoms with Crippen LogP contribution in [0.3, 0.4) is 0 Å². The quantitative estimate of drug-likeness (QED) is 0.611. The average Bonchev–Trinajstić information content (AvgIpc) is 2.61. The molecule has 0 aliphatic carbocycles. The summed E-state index contributed by atoms with van der Waals surface area (Å²) < 4.78 is 5.80. The molecule has 0 heterocycles. The first-order valence-electron chi connectivity index (χ1n) is 8.41. The highest BCUT2D eigenvalue weighted by Crippen LogP contribution is 2.40. The van der Waals surface area contributed by atoms with Gasteiger partial charge in [0.25, 0.3) is 0 Å². The van der Waals surface area contributed by atoms with Crippen LogP contribution in [0, 0.1) is 13.8 Å². The third-order valence-electron chi connectivity index (χ3n) is 4.74. The molecule has 0 aliphatic rings. The van der Waals surface area contributed by atoms with Crippen LogP contribution >= 0.6 is 0 Å². The molecule has 0 radical (unpaired) electrons. The molecule has 0 aliphatic heterocycles. The maximum atomic E-state index is 5.80. The Kier molecular flexibility index (Phi) is 4.98. The summed E-state index contributed by atoms with van der Waals surface area (Å²) in [7, 11) is 0.732. The standard InChI is InChI=1S/C22H24OSi/c1-15-9-4-6-11-18(15)21-14-8-13-20(17(3)23-24)22(21)19-12-7-5-10-16(19)2/h4-14,17H,1-3,24H3. The fourth-order valence-corrected chi connectivity index (χ4v) is 3.54. The van der Waals surface area contributed by atoms with Gasteiger partial charge in [-0.05, 0) is 59.7 Å². The number of hydrogen-bond donors (Lipinski definition) is 0. The minimum Gasteiger partial charge on any atom is -0.421 e. The largest absolute Gasteiger partial charge is 0.421 e. The van der Waals surface area contributed by atoms with Gasteiger partial charge in [0, 0.05) is 0 Å². The van der Waals surface area contributed by atoms with Crippen molar-refractivity contribution < 1.29 is 4.43 Å². The van der Waals surface area contributed by atoms with Gasteiger partial charge in [-0.25, -0.2) is 0 Å². The highest BCUT2D eigenvalue weighted by atomic mass is 28.2. The molecule has 1 unspecified atom stereocenters. The Morgan fingerprint density at radius 2 is 1.25 bits per heavy atom. The van der Waals surface area contributed by atoms with Gasteiger partial charge in [-0.2, -0.15) is 0 Å². The molecule has 0 bridgehead atoms. The lowest BCUT2D eigenvalue weighted by Crippen LogP contribution is -2.02. The molecule has 0 spiro atoms. The first kappa shape index (κ1) is 16.7. The van der Waals surface area contributed by atoms with Crippen molar-refractivity contribution >= 4 is 10.5 Å². The molecule has 1 atom stereocenters. The molecular formula is C22H24OSi. The first-order valence-corrected chi connectivity index (χ1v) is 9.23. The zero-order chi connectivity index (χ0) is 17.1. The Hall–Kier alpha value is -2.16. The molecule has 0 saturated carbocycles. The summed E-state index contributed by atoms with van der Waals surface area (Å²) in [5, 5.41) is 0. The molecule has 1 nitrogen and oxygen atoms in total. The van der Waals surface area contributed by atoms with E-state index >= 15 is 0 Å². The molecule has 24 heavy (non-hydrogen) atoms. The van der Waals surface area contributed by atoms with Crippen LogP contribution in [0.5, 0.6) is 0 Å². The van der Waals surface area contributed by atoms with Crippen molar-refractivity contribution in [1.29, 1.82) is 0 Å². The monoisotopic (exact) mass is 332 g/mol. The number of benzene rings is 3. The van der Waals surface area contributed by atoms with Gasteiger partial charge in [-0.1, -0.05) is 66.7 Å². The van der Waals surface area contributed by atoms with Crippen molar-refractivity contribution in [3.8, 4) is 22.3 Å². The lowest BCUT2D eigenvalue weighted by molar-refractivity contribution is 0.251. The second-order valence-electron chi connectivity index (χ2n) is 6.28. The average molecular weight is 333 g/mol. The van der Waals surface area contributed by atoms with E-state index in [1.54, 1.807) is 0 Å². The van der Waals surface area contributed by atoms with Gasteiger partial charge in [0.2, 0.25) is 0 Å². The van der Waals surface area contributed by atoms with Crippen LogP contribution in [0.2, 0.25) is 0 Å². The second kappa shape index (κ2) is 7.16. The van der Waals surface area contributed by atoms with Crippen LogP contribution in [0.15, 0.2) is 66.7 Å². The predicted octanol–water partition coefficient (Wildman–Crippen LogP) is 5.00. The minimum atomic E-state index is 0.107. The van der Waals surface area contributed by atoms with E-state index in [1.165, 1.54) is 38.9 Å². The van der Waals surface area contributed by atoms with E-state index in [0.29, 0.717) is 0 Å². The molecular weight excluding hydrogens is 308 g/mol. The Morgan fingerprint density at radius 1 is 0.708 bits per heavy atom. The SMILES string of the molecule is Cc1ccccc1-c1cccc(C(C)O[SiH3])c1-c1ccccc1C. The van der Waals surface area contributed by atoms with Crippen LogP contribution in [0.4, 0.5) is 0 Å². The summed E-state index contributed by atoms with van der Waals surface area (Å²) in [6.07, 6.45) is 0.107. The zero-order valence-corrected chi connectivity index (χ0v) is 16.8. The maximum absolute atomic E-state index is 5.80. The molecule has 0 amide bonds. The summed E-state index contributed by atoms with van der Waals surface area (Å²) in [5.74, 6) is 0. The van der Waals surface area contributed by atoms with Crippen molar-refractivity contribution in [3.63, 3.8) is 0 Å². The Morgan fingerprint density at radius 3 is 1.83 bits per heavy atom. The summed E-state index contributed by atoms with van der Waals surface area (Å²) in [6, 6.07) is 23.8. The Bertz CT molecular complexity index is 854. The zero-order valence-electron chi connectivity index (χ0n) is 14.8. The molecule has 3 aromatic carbocycles. The van der Waals surface area contributed by atoms with E-state index in [2.05, 4.69) is 87.5 Å². The summed E-state index contributed by atoms with van der Waals surface area (Å²) >= 11 is 0. The van der Waals surface area contributed by atoms with Crippen molar-refractivity contribution in [2.45, 2.75) is 26.9 Å². The molecule has 2 heteroatoms. The van der Waals surface area contributed by atoms with Gasteiger partial charge in [0.05, 0.1) is 6.10 Å². The van der Waals surface area contributed by atoms with Crippen molar-refractivity contribution in [2.24, 2.45) is 0 Å². The van der Waals surface area contributed by atoms with Crippen LogP contribution < -0.4 is 0 Å². The Labute approximate surface area is 147 Å². The number of hydrogen-bond acceptors (Lipinski definition) is 1. The highest BCUT2D eigenvalue weighted by molar-refractivity contribution is 5.98. The number of rotatable bonds is 4. The van der Waals surface area contributed by atoms with Gasteiger partial charge in [0.1, 0.15) is 10.5 Å². The summed E-state index contributed by atoms with van der Waals surface area (Å²) in [6.45, 7) is 6.50. The third kappa shape index (κ3) is 3.08. The van der Waals surface area contributed by atoms with Crippen molar-refractivity contribution in [3.05, 3.63) is 83.4 Å². The molecule has 122 valence electrons. The van der Waals surface area contributed by atoms with Crippen LogP contribution in [0.1, 0.15) is 29.7 Å². The van der Waals surface area contributed by atoms with Crippen LogP contribution in [-0.2, 0) is 4.43 Å². The van der Waals surface area contributed by atoms with Gasteiger partial charge in [0.15, 0.2) is 0 Å². The maximum Gasteiger partial charge on any atom is 0.146 e. The van der Waals surface area contributed by atoms with E-state index in [-0.39, 0.29) is 6.10 Å². The fourth-order valence-electron chi connectivity index (χ4n) is 3.29. The van der Waals surface area contributed by atoms with E-state index in [4.69, 9.17) is 4.43 Å².